The molecular weight excluding hydrogens is 319 g/mol. The van der Waals surface area contributed by atoms with Crippen molar-refractivity contribution in [3.05, 3.63) is 66.3 Å². The quantitative estimate of drug-likeness (QED) is 0.720. The second-order valence-electron chi connectivity index (χ2n) is 5.21. The summed E-state index contributed by atoms with van der Waals surface area (Å²) in [5.41, 5.74) is 1.53. The number of hydrogen-bond acceptors (Lipinski definition) is 4. The predicted molar refractivity (Wildman–Crippen MR) is 80.6 cm³/mol. The van der Waals surface area contributed by atoms with Crippen molar-refractivity contribution in [2.75, 3.05) is 0 Å². The zero-order chi connectivity index (χ0) is 17.0. The van der Waals surface area contributed by atoms with Gasteiger partial charge in [-0.25, -0.2) is 9.67 Å². The Morgan fingerprint density at radius 3 is 2.46 bits per heavy atom. The fourth-order valence-electron chi connectivity index (χ4n) is 2.26. The topological polar surface area (TPSA) is 56.5 Å². The molecule has 3 rings (SSSR count). The maximum atomic E-state index is 12.6. The molecule has 3 heterocycles. The highest BCUT2D eigenvalue weighted by Gasteiger charge is 2.28. The molecule has 0 spiro atoms. The number of pyridine rings is 2. The Balaban J connectivity index is 1.90. The Bertz CT molecular complexity index is 784. The second-order valence-corrected chi connectivity index (χ2v) is 5.21. The molecule has 3 aromatic rings. The van der Waals surface area contributed by atoms with Gasteiger partial charge in [-0.3, -0.25) is 9.97 Å². The highest BCUT2D eigenvalue weighted by Crippen LogP contribution is 2.22. The van der Waals surface area contributed by atoms with Gasteiger partial charge < -0.3 is 0 Å². The third kappa shape index (κ3) is 4.15. The molecule has 3 aromatic heterocycles. The largest absolute Gasteiger partial charge is 0.389 e. The number of nitrogens with zero attached hydrogens (tertiary/aromatic N) is 5. The van der Waals surface area contributed by atoms with Crippen molar-refractivity contribution in [2.45, 2.75) is 25.4 Å². The van der Waals surface area contributed by atoms with E-state index >= 15 is 0 Å². The first-order valence-corrected chi connectivity index (χ1v) is 7.32. The molecule has 0 aliphatic carbocycles. The van der Waals surface area contributed by atoms with Crippen molar-refractivity contribution in [1.82, 2.24) is 24.7 Å². The van der Waals surface area contributed by atoms with Gasteiger partial charge >= 0.3 is 6.18 Å². The van der Waals surface area contributed by atoms with E-state index in [2.05, 4.69) is 20.1 Å². The first-order valence-electron chi connectivity index (χ1n) is 7.32. The van der Waals surface area contributed by atoms with Crippen LogP contribution in [0.5, 0.6) is 0 Å². The highest BCUT2D eigenvalue weighted by atomic mass is 19.4. The van der Waals surface area contributed by atoms with E-state index in [-0.39, 0.29) is 12.2 Å². The molecular formula is C16H14F3N5. The molecule has 124 valence electrons. The minimum atomic E-state index is -4.24. The Kier molecular flexibility index (Phi) is 4.54. The van der Waals surface area contributed by atoms with Crippen molar-refractivity contribution in [3.8, 4) is 5.69 Å². The van der Waals surface area contributed by atoms with Crippen LogP contribution >= 0.6 is 0 Å². The molecule has 0 bridgehead atoms. The van der Waals surface area contributed by atoms with Crippen LogP contribution in [-0.2, 0) is 12.8 Å². The van der Waals surface area contributed by atoms with Crippen LogP contribution in [0.1, 0.15) is 23.6 Å². The summed E-state index contributed by atoms with van der Waals surface area (Å²) in [6.07, 6.45) is 1.46. The summed E-state index contributed by atoms with van der Waals surface area (Å²) in [7, 11) is 0. The van der Waals surface area contributed by atoms with E-state index in [0.29, 0.717) is 17.9 Å². The fraction of sp³-hybridized carbons (Fsp3) is 0.250. The van der Waals surface area contributed by atoms with E-state index < -0.39 is 12.6 Å². The first kappa shape index (κ1) is 16.1. The van der Waals surface area contributed by atoms with Gasteiger partial charge in [0.1, 0.15) is 5.82 Å². The van der Waals surface area contributed by atoms with E-state index in [1.807, 2.05) is 6.07 Å². The van der Waals surface area contributed by atoms with Gasteiger partial charge in [0.05, 0.1) is 12.1 Å². The summed E-state index contributed by atoms with van der Waals surface area (Å²) < 4.78 is 39.1. The van der Waals surface area contributed by atoms with E-state index in [9.17, 15) is 13.2 Å². The molecule has 5 nitrogen and oxygen atoms in total. The Morgan fingerprint density at radius 2 is 1.79 bits per heavy atom. The van der Waals surface area contributed by atoms with E-state index in [0.717, 1.165) is 5.56 Å². The third-order valence-corrected chi connectivity index (χ3v) is 3.34. The van der Waals surface area contributed by atoms with Crippen molar-refractivity contribution < 1.29 is 13.2 Å². The maximum absolute atomic E-state index is 12.6. The molecule has 0 fully saturated rings. The lowest BCUT2D eigenvalue weighted by Crippen LogP contribution is -2.12. The number of halogens is 3. The van der Waals surface area contributed by atoms with E-state index in [4.69, 9.17) is 0 Å². The average Bonchev–Trinajstić information content (AvgIpc) is 2.97. The normalized spacial score (nSPS) is 11.6. The molecule has 0 N–H and O–H groups in total. The smallest absolute Gasteiger partial charge is 0.265 e. The lowest BCUT2D eigenvalue weighted by Gasteiger charge is -2.07. The second kappa shape index (κ2) is 6.77. The molecule has 0 saturated heterocycles. The van der Waals surface area contributed by atoms with Crippen LogP contribution in [0.15, 0.2) is 49.1 Å². The molecule has 24 heavy (non-hydrogen) atoms. The lowest BCUT2D eigenvalue weighted by atomic mass is 10.2. The van der Waals surface area contributed by atoms with Crippen LogP contribution < -0.4 is 0 Å². The molecule has 0 amide bonds. The van der Waals surface area contributed by atoms with Crippen molar-refractivity contribution in [2.24, 2.45) is 0 Å². The van der Waals surface area contributed by atoms with Gasteiger partial charge in [-0.05, 0) is 23.8 Å². The molecule has 0 saturated carbocycles. The molecule has 0 radical (unpaired) electrons. The van der Waals surface area contributed by atoms with Crippen molar-refractivity contribution >= 4 is 0 Å². The summed E-state index contributed by atoms with van der Waals surface area (Å²) in [6.45, 7) is 0. The predicted octanol–water partition coefficient (Wildman–Crippen LogP) is 3.14. The standard InChI is InChI=1S/C16H14F3N5/c17-16(18,19)6-3-15-22-14(10-12-2-1-7-21-11-12)23-24(15)13-4-8-20-9-5-13/h1-2,4-5,7-9,11H,3,6,10H2. The number of aryl methyl sites for hydroxylation is 1. The number of hydrogen-bond donors (Lipinski definition) is 0. The van der Waals surface area contributed by atoms with Gasteiger partial charge in [0, 0.05) is 37.6 Å². The molecule has 0 aliphatic heterocycles. The van der Waals surface area contributed by atoms with Crippen LogP contribution in [0.2, 0.25) is 0 Å². The van der Waals surface area contributed by atoms with Crippen LogP contribution in [0, 0.1) is 0 Å². The number of rotatable bonds is 5. The van der Waals surface area contributed by atoms with Gasteiger partial charge in [0.2, 0.25) is 0 Å². The van der Waals surface area contributed by atoms with Crippen LogP contribution in [-0.4, -0.2) is 30.9 Å². The molecule has 0 unspecified atom stereocenters. The number of alkyl halides is 3. The summed E-state index contributed by atoms with van der Waals surface area (Å²) in [5.74, 6) is 0.731. The van der Waals surface area contributed by atoms with Gasteiger partial charge in [-0.15, -0.1) is 0 Å². The zero-order valence-electron chi connectivity index (χ0n) is 12.6. The molecule has 0 aliphatic rings. The monoisotopic (exact) mass is 333 g/mol. The summed E-state index contributed by atoms with van der Waals surface area (Å²) in [5, 5.41) is 4.36. The van der Waals surface area contributed by atoms with Crippen molar-refractivity contribution in [3.63, 3.8) is 0 Å². The summed E-state index contributed by atoms with van der Waals surface area (Å²) in [6, 6.07) is 7.02. The van der Waals surface area contributed by atoms with Gasteiger partial charge in [-0.2, -0.15) is 18.3 Å². The minimum absolute atomic E-state index is 0.230. The summed E-state index contributed by atoms with van der Waals surface area (Å²) in [4.78, 5) is 12.2. The molecule has 8 heteroatoms. The Hall–Kier alpha value is -2.77. The molecule has 0 aromatic carbocycles. The van der Waals surface area contributed by atoms with Gasteiger partial charge in [0.15, 0.2) is 5.82 Å². The maximum Gasteiger partial charge on any atom is 0.389 e. The van der Waals surface area contributed by atoms with Crippen LogP contribution in [0.4, 0.5) is 13.2 Å². The van der Waals surface area contributed by atoms with Crippen LogP contribution in [0.3, 0.4) is 0 Å². The zero-order valence-corrected chi connectivity index (χ0v) is 12.6. The van der Waals surface area contributed by atoms with Crippen LogP contribution in [0.25, 0.3) is 5.69 Å². The highest BCUT2D eigenvalue weighted by molar-refractivity contribution is 5.29. The first-order chi connectivity index (χ1) is 11.5. The van der Waals surface area contributed by atoms with Crippen molar-refractivity contribution in [1.29, 1.82) is 0 Å². The lowest BCUT2D eigenvalue weighted by molar-refractivity contribution is -0.134. The third-order valence-electron chi connectivity index (χ3n) is 3.34. The van der Waals surface area contributed by atoms with Gasteiger partial charge in [0.25, 0.3) is 0 Å². The van der Waals surface area contributed by atoms with E-state index in [1.54, 1.807) is 43.0 Å². The van der Waals surface area contributed by atoms with Gasteiger partial charge in [-0.1, -0.05) is 6.07 Å². The Labute approximate surface area is 136 Å². The minimum Gasteiger partial charge on any atom is -0.265 e. The Morgan fingerprint density at radius 1 is 1.00 bits per heavy atom. The summed E-state index contributed by atoms with van der Waals surface area (Å²) >= 11 is 0. The average molecular weight is 333 g/mol. The molecule has 0 atom stereocenters. The SMILES string of the molecule is FC(F)(F)CCc1nc(Cc2cccnc2)nn1-c1ccncc1. The number of aromatic nitrogens is 5. The van der Waals surface area contributed by atoms with E-state index in [1.165, 1.54) is 4.68 Å². The fourth-order valence-corrected chi connectivity index (χ4v) is 2.26.